The average Bonchev–Trinajstić information content (AvgIpc) is 2.38. The van der Waals surface area contributed by atoms with Gasteiger partial charge in [0.2, 0.25) is 5.91 Å². The average molecular weight is 255 g/mol. The molecule has 0 bridgehead atoms. The summed E-state index contributed by atoms with van der Waals surface area (Å²) in [5.74, 6) is 0.0255. The van der Waals surface area contributed by atoms with Gasteiger partial charge in [-0.3, -0.25) is 9.69 Å². The van der Waals surface area contributed by atoms with Gasteiger partial charge in [-0.15, -0.1) is 0 Å². The monoisotopic (exact) mass is 255 g/mol. The van der Waals surface area contributed by atoms with Crippen molar-refractivity contribution in [3.63, 3.8) is 0 Å². The number of rotatable bonds is 10. The van der Waals surface area contributed by atoms with Gasteiger partial charge in [-0.25, -0.2) is 0 Å². The summed E-state index contributed by atoms with van der Waals surface area (Å²) in [7, 11) is 1.63. The van der Waals surface area contributed by atoms with Gasteiger partial charge in [0.1, 0.15) is 0 Å². The van der Waals surface area contributed by atoms with Crippen molar-refractivity contribution in [2.75, 3.05) is 33.4 Å². The van der Waals surface area contributed by atoms with Gasteiger partial charge in [0.05, 0.1) is 18.7 Å². The predicted molar refractivity (Wildman–Crippen MR) is 71.1 cm³/mol. The number of nitriles is 1. The van der Waals surface area contributed by atoms with Crippen molar-refractivity contribution in [2.24, 2.45) is 0 Å². The first-order chi connectivity index (χ1) is 8.67. The third-order valence-corrected chi connectivity index (χ3v) is 2.85. The van der Waals surface area contributed by atoms with Gasteiger partial charge in [0, 0.05) is 33.2 Å². The fourth-order valence-electron chi connectivity index (χ4n) is 1.60. The molecule has 104 valence electrons. The smallest absolute Gasteiger partial charge is 0.237 e. The van der Waals surface area contributed by atoms with Crippen LogP contribution >= 0.6 is 0 Å². The molecule has 1 N–H and O–H groups in total. The van der Waals surface area contributed by atoms with Crippen LogP contribution in [0.3, 0.4) is 0 Å². The van der Waals surface area contributed by atoms with Crippen molar-refractivity contribution >= 4 is 5.91 Å². The standard InChI is InChI=1S/C13H25N3O2/c1-4-5-8-15-13(17)12(2)16(9-6-7-14)10-11-18-3/h12H,4-6,8-11H2,1-3H3,(H,15,17). The molecule has 0 rings (SSSR count). The minimum atomic E-state index is -0.217. The Labute approximate surface area is 110 Å². The van der Waals surface area contributed by atoms with Crippen LogP contribution in [0.4, 0.5) is 0 Å². The number of methoxy groups -OCH3 is 1. The van der Waals surface area contributed by atoms with Gasteiger partial charge in [0.15, 0.2) is 0 Å². The Morgan fingerprint density at radius 1 is 1.50 bits per heavy atom. The van der Waals surface area contributed by atoms with E-state index in [0.717, 1.165) is 19.4 Å². The largest absolute Gasteiger partial charge is 0.383 e. The van der Waals surface area contributed by atoms with Crippen LogP contribution in [0, 0.1) is 11.3 Å². The molecule has 1 atom stereocenters. The lowest BCUT2D eigenvalue weighted by atomic mass is 10.2. The normalized spacial score (nSPS) is 12.2. The van der Waals surface area contributed by atoms with Crippen LogP contribution in [-0.2, 0) is 9.53 Å². The van der Waals surface area contributed by atoms with Gasteiger partial charge in [-0.2, -0.15) is 5.26 Å². The lowest BCUT2D eigenvalue weighted by Gasteiger charge is -2.27. The van der Waals surface area contributed by atoms with E-state index in [-0.39, 0.29) is 11.9 Å². The Bertz CT molecular complexity index is 263. The molecule has 0 saturated heterocycles. The molecule has 1 unspecified atom stereocenters. The number of carbonyl (C=O) groups is 1. The molecule has 0 spiro atoms. The SMILES string of the molecule is CCCCNC(=O)C(C)N(CCC#N)CCOC. The van der Waals surface area contributed by atoms with Gasteiger partial charge in [-0.1, -0.05) is 13.3 Å². The van der Waals surface area contributed by atoms with Crippen molar-refractivity contribution in [3.05, 3.63) is 0 Å². The molecular weight excluding hydrogens is 230 g/mol. The van der Waals surface area contributed by atoms with Crippen molar-refractivity contribution < 1.29 is 9.53 Å². The van der Waals surface area contributed by atoms with Crippen LogP contribution in [-0.4, -0.2) is 50.2 Å². The Hall–Kier alpha value is -1.12. The van der Waals surface area contributed by atoms with Gasteiger partial charge in [0.25, 0.3) is 0 Å². The summed E-state index contributed by atoms with van der Waals surface area (Å²) in [4.78, 5) is 13.9. The van der Waals surface area contributed by atoms with Gasteiger partial charge in [-0.05, 0) is 13.3 Å². The highest BCUT2D eigenvalue weighted by atomic mass is 16.5. The summed E-state index contributed by atoms with van der Waals surface area (Å²) in [6, 6.07) is 1.89. The summed E-state index contributed by atoms with van der Waals surface area (Å²) < 4.78 is 5.02. The van der Waals surface area contributed by atoms with Gasteiger partial charge < -0.3 is 10.1 Å². The van der Waals surface area contributed by atoms with Crippen molar-refractivity contribution in [1.82, 2.24) is 10.2 Å². The Balaban J connectivity index is 4.20. The first-order valence-electron chi connectivity index (χ1n) is 6.55. The number of amides is 1. The van der Waals surface area contributed by atoms with E-state index >= 15 is 0 Å². The highest BCUT2D eigenvalue weighted by Gasteiger charge is 2.20. The second-order valence-electron chi connectivity index (χ2n) is 4.26. The number of ether oxygens (including phenoxy) is 1. The lowest BCUT2D eigenvalue weighted by molar-refractivity contribution is -0.126. The Kier molecular flexibility index (Phi) is 10.3. The van der Waals surface area contributed by atoms with Crippen LogP contribution in [0.2, 0.25) is 0 Å². The number of nitrogens with zero attached hydrogens (tertiary/aromatic N) is 2. The number of nitrogens with one attached hydrogen (secondary N) is 1. The number of hydrogen-bond acceptors (Lipinski definition) is 4. The van der Waals surface area contributed by atoms with Crippen LogP contribution in [0.15, 0.2) is 0 Å². The summed E-state index contributed by atoms with van der Waals surface area (Å²) in [5.41, 5.74) is 0. The Morgan fingerprint density at radius 2 is 2.22 bits per heavy atom. The van der Waals surface area contributed by atoms with E-state index in [1.54, 1.807) is 7.11 Å². The molecule has 0 aliphatic heterocycles. The van der Waals surface area contributed by atoms with E-state index in [1.807, 2.05) is 11.8 Å². The molecule has 0 fully saturated rings. The molecule has 0 aromatic rings. The molecule has 18 heavy (non-hydrogen) atoms. The van der Waals surface area contributed by atoms with Crippen LogP contribution in [0.25, 0.3) is 0 Å². The quantitative estimate of drug-likeness (QED) is 0.595. The summed E-state index contributed by atoms with van der Waals surface area (Å²) in [6.07, 6.45) is 2.49. The zero-order valence-electron chi connectivity index (χ0n) is 11.7. The van der Waals surface area contributed by atoms with Gasteiger partial charge >= 0.3 is 0 Å². The molecule has 0 aliphatic carbocycles. The third-order valence-electron chi connectivity index (χ3n) is 2.85. The summed E-state index contributed by atoms with van der Waals surface area (Å²) >= 11 is 0. The maximum absolute atomic E-state index is 11.9. The molecule has 0 radical (unpaired) electrons. The number of unbranched alkanes of at least 4 members (excludes halogenated alkanes) is 1. The zero-order valence-corrected chi connectivity index (χ0v) is 11.7. The molecular formula is C13H25N3O2. The molecule has 0 aromatic carbocycles. The molecule has 0 aliphatic rings. The first-order valence-corrected chi connectivity index (χ1v) is 6.55. The fraction of sp³-hybridized carbons (Fsp3) is 0.846. The number of carbonyl (C=O) groups excluding carboxylic acids is 1. The van der Waals surface area contributed by atoms with Crippen LogP contribution < -0.4 is 5.32 Å². The summed E-state index contributed by atoms with van der Waals surface area (Å²) in [6.45, 7) is 6.51. The lowest BCUT2D eigenvalue weighted by Crippen LogP contribution is -2.46. The topological polar surface area (TPSA) is 65.4 Å². The van der Waals surface area contributed by atoms with Crippen molar-refractivity contribution in [2.45, 2.75) is 39.2 Å². The maximum Gasteiger partial charge on any atom is 0.237 e. The van der Waals surface area contributed by atoms with Crippen molar-refractivity contribution in [3.8, 4) is 6.07 Å². The number of hydrogen-bond donors (Lipinski definition) is 1. The van der Waals surface area contributed by atoms with E-state index in [9.17, 15) is 4.79 Å². The third kappa shape index (κ3) is 7.25. The molecule has 0 saturated carbocycles. The van der Waals surface area contributed by atoms with Crippen LogP contribution in [0.1, 0.15) is 33.1 Å². The fourth-order valence-corrected chi connectivity index (χ4v) is 1.60. The summed E-state index contributed by atoms with van der Waals surface area (Å²) in [5, 5.41) is 11.5. The minimum Gasteiger partial charge on any atom is -0.383 e. The predicted octanol–water partition coefficient (Wildman–Crippen LogP) is 1.15. The second-order valence-corrected chi connectivity index (χ2v) is 4.26. The highest BCUT2D eigenvalue weighted by Crippen LogP contribution is 2.01. The molecule has 5 heteroatoms. The molecule has 0 heterocycles. The minimum absolute atomic E-state index is 0.0255. The molecule has 5 nitrogen and oxygen atoms in total. The van der Waals surface area contributed by atoms with E-state index in [0.29, 0.717) is 26.1 Å². The maximum atomic E-state index is 11.9. The van der Waals surface area contributed by atoms with E-state index in [1.165, 1.54) is 0 Å². The van der Waals surface area contributed by atoms with E-state index < -0.39 is 0 Å². The molecule has 0 aromatic heterocycles. The second kappa shape index (κ2) is 11.0. The first kappa shape index (κ1) is 16.9. The van der Waals surface area contributed by atoms with E-state index in [4.69, 9.17) is 10.00 Å². The zero-order chi connectivity index (χ0) is 13.8. The highest BCUT2D eigenvalue weighted by molar-refractivity contribution is 5.81. The molecule has 1 amide bonds. The Morgan fingerprint density at radius 3 is 2.78 bits per heavy atom. The van der Waals surface area contributed by atoms with Crippen molar-refractivity contribution in [1.29, 1.82) is 5.26 Å². The van der Waals surface area contributed by atoms with E-state index in [2.05, 4.69) is 18.3 Å². The van der Waals surface area contributed by atoms with Crippen LogP contribution in [0.5, 0.6) is 0 Å².